The van der Waals surface area contributed by atoms with Gasteiger partial charge in [-0.25, -0.2) is 0 Å². The molecule has 0 aromatic carbocycles. The first-order valence-corrected chi connectivity index (χ1v) is 6.08. The molecule has 0 aromatic heterocycles. The largest absolute Gasteiger partial charge is 0.374 e. The Balaban J connectivity index is 1.65. The second kappa shape index (κ2) is 2.09. The lowest BCUT2D eigenvalue weighted by molar-refractivity contribution is -0.0758. The maximum absolute atomic E-state index is 8.93. The molecule has 78 valence electrons. The minimum atomic E-state index is 0.477. The van der Waals surface area contributed by atoms with Crippen LogP contribution in [-0.4, -0.2) is 24.4 Å². The van der Waals surface area contributed by atoms with Crippen molar-refractivity contribution < 1.29 is 9.47 Å². The van der Waals surface area contributed by atoms with Gasteiger partial charge in [0.2, 0.25) is 0 Å². The minimum Gasteiger partial charge on any atom is -0.374 e. The maximum Gasteiger partial charge on any atom is 0.0902 e. The molecule has 0 amide bonds. The van der Waals surface area contributed by atoms with Crippen molar-refractivity contribution in [1.82, 2.24) is 0 Å². The van der Waals surface area contributed by atoms with Gasteiger partial charge in [0.05, 0.1) is 30.5 Å². The quantitative estimate of drug-likeness (QED) is 0.596. The molecule has 6 rings (SSSR count). The molecule has 3 aliphatic heterocycles. The highest BCUT2D eigenvalue weighted by Gasteiger charge is 2.78. The number of hydrogen-bond donors (Lipinski definition) is 0. The van der Waals surface area contributed by atoms with Crippen molar-refractivity contribution >= 4 is 0 Å². The summed E-state index contributed by atoms with van der Waals surface area (Å²) in [6.45, 7) is 0. The molecule has 6 bridgehead atoms. The normalized spacial score (nSPS) is 70.7. The van der Waals surface area contributed by atoms with Crippen molar-refractivity contribution in [2.24, 2.45) is 29.6 Å². The number of rotatable bonds is 1. The van der Waals surface area contributed by atoms with E-state index in [2.05, 4.69) is 6.07 Å². The second-order valence-corrected chi connectivity index (χ2v) is 5.86. The van der Waals surface area contributed by atoms with Crippen molar-refractivity contribution in [3.63, 3.8) is 0 Å². The van der Waals surface area contributed by atoms with Gasteiger partial charge in [-0.1, -0.05) is 0 Å². The molecule has 6 aliphatic rings. The molecule has 0 spiro atoms. The van der Waals surface area contributed by atoms with Crippen LogP contribution in [0.25, 0.3) is 0 Å². The monoisotopic (exact) mass is 203 g/mol. The summed E-state index contributed by atoms with van der Waals surface area (Å²) in [6, 6.07) is 2.38. The van der Waals surface area contributed by atoms with Crippen LogP contribution in [0.4, 0.5) is 0 Å². The standard InChI is InChI=1S/C12H13NO2/c13-2-1-4-5-3-6-7(4)9-10(14-6)8(5)11-12(9)15-11/h4-12H,1,3H2/t4-,5-,6-,7+,8+,9+,10+,11-,12+/m1/s1. The van der Waals surface area contributed by atoms with E-state index in [1.165, 1.54) is 6.42 Å². The fourth-order valence-electron chi connectivity index (χ4n) is 5.37. The van der Waals surface area contributed by atoms with Crippen LogP contribution in [-0.2, 0) is 9.47 Å². The first-order valence-electron chi connectivity index (χ1n) is 6.08. The van der Waals surface area contributed by atoms with Gasteiger partial charge in [-0.05, 0) is 24.2 Å². The van der Waals surface area contributed by atoms with Gasteiger partial charge in [0.25, 0.3) is 0 Å². The van der Waals surface area contributed by atoms with Gasteiger partial charge in [-0.15, -0.1) is 0 Å². The van der Waals surface area contributed by atoms with Crippen LogP contribution >= 0.6 is 0 Å². The number of hydrogen-bond acceptors (Lipinski definition) is 3. The highest BCUT2D eigenvalue weighted by atomic mass is 16.6. The molecule has 3 saturated carbocycles. The SMILES string of the molecule is N#CC[C@@H]1[C@H]2C[C@H]3O[C@H]4[C@H]2[C@H]2O[C@H]2[C@H]4[C@@H]13. The van der Waals surface area contributed by atoms with Crippen LogP contribution in [0.15, 0.2) is 0 Å². The van der Waals surface area contributed by atoms with Gasteiger partial charge in [0.1, 0.15) is 0 Å². The Morgan fingerprint density at radius 3 is 2.80 bits per heavy atom. The first-order chi connectivity index (χ1) is 7.40. The first kappa shape index (κ1) is 7.65. The van der Waals surface area contributed by atoms with Crippen LogP contribution < -0.4 is 0 Å². The van der Waals surface area contributed by atoms with Gasteiger partial charge in [-0.2, -0.15) is 5.26 Å². The second-order valence-electron chi connectivity index (χ2n) is 5.86. The van der Waals surface area contributed by atoms with Gasteiger partial charge in [0.15, 0.2) is 0 Å². The van der Waals surface area contributed by atoms with Crippen LogP contribution in [0.1, 0.15) is 12.8 Å². The van der Waals surface area contributed by atoms with E-state index in [0.717, 1.165) is 12.3 Å². The molecule has 3 heteroatoms. The molecule has 6 fully saturated rings. The van der Waals surface area contributed by atoms with Gasteiger partial charge >= 0.3 is 0 Å². The Labute approximate surface area is 88.3 Å². The number of epoxide rings is 1. The summed E-state index contributed by atoms with van der Waals surface area (Å²) in [5.41, 5.74) is 0. The molecule has 0 unspecified atom stereocenters. The van der Waals surface area contributed by atoms with Crippen LogP contribution in [0.2, 0.25) is 0 Å². The average molecular weight is 203 g/mol. The van der Waals surface area contributed by atoms with E-state index in [-0.39, 0.29) is 0 Å². The van der Waals surface area contributed by atoms with Crippen LogP contribution in [0.3, 0.4) is 0 Å². The van der Waals surface area contributed by atoms with E-state index in [1.807, 2.05) is 0 Å². The lowest BCUT2D eigenvalue weighted by Crippen LogP contribution is -2.41. The van der Waals surface area contributed by atoms with E-state index in [0.29, 0.717) is 48.1 Å². The third kappa shape index (κ3) is 0.636. The summed E-state index contributed by atoms with van der Waals surface area (Å²) in [5.74, 6) is 3.33. The van der Waals surface area contributed by atoms with Crippen molar-refractivity contribution in [2.45, 2.75) is 37.3 Å². The highest BCUT2D eigenvalue weighted by Crippen LogP contribution is 2.71. The molecule has 0 radical (unpaired) electrons. The van der Waals surface area contributed by atoms with E-state index in [1.54, 1.807) is 0 Å². The Morgan fingerprint density at radius 1 is 1.07 bits per heavy atom. The van der Waals surface area contributed by atoms with Crippen molar-refractivity contribution in [2.75, 3.05) is 0 Å². The van der Waals surface area contributed by atoms with Crippen LogP contribution in [0, 0.1) is 40.9 Å². The topological polar surface area (TPSA) is 45.5 Å². The third-order valence-corrected chi connectivity index (χ3v) is 5.65. The van der Waals surface area contributed by atoms with E-state index >= 15 is 0 Å². The summed E-state index contributed by atoms with van der Waals surface area (Å²) < 4.78 is 11.9. The number of fused-ring (bicyclic) bond motifs is 1. The smallest absolute Gasteiger partial charge is 0.0902 e. The molecule has 3 aliphatic carbocycles. The summed E-state index contributed by atoms with van der Waals surface area (Å²) >= 11 is 0. The predicted molar refractivity (Wildman–Crippen MR) is 49.6 cm³/mol. The molecule has 3 heterocycles. The number of nitriles is 1. The molecule has 3 saturated heterocycles. The lowest BCUT2D eigenvalue weighted by Gasteiger charge is -2.38. The molecular formula is C12H13NO2. The van der Waals surface area contributed by atoms with Crippen molar-refractivity contribution in [3.05, 3.63) is 0 Å². The number of ether oxygens (including phenoxy) is 2. The number of nitrogens with zero attached hydrogens (tertiary/aromatic N) is 1. The van der Waals surface area contributed by atoms with Gasteiger partial charge < -0.3 is 9.47 Å². The van der Waals surface area contributed by atoms with E-state index < -0.39 is 0 Å². The summed E-state index contributed by atoms with van der Waals surface area (Å²) in [6.07, 6.45) is 3.97. The van der Waals surface area contributed by atoms with E-state index in [9.17, 15) is 0 Å². The fraction of sp³-hybridized carbons (Fsp3) is 0.917. The molecule has 15 heavy (non-hydrogen) atoms. The Hall–Kier alpha value is -0.590. The van der Waals surface area contributed by atoms with E-state index in [4.69, 9.17) is 14.7 Å². The Bertz CT molecular complexity index is 380. The molecular weight excluding hydrogens is 190 g/mol. The summed E-state index contributed by atoms with van der Waals surface area (Å²) in [5, 5.41) is 8.93. The molecule has 9 atom stereocenters. The van der Waals surface area contributed by atoms with Gasteiger partial charge in [0, 0.05) is 18.3 Å². The van der Waals surface area contributed by atoms with Crippen molar-refractivity contribution in [3.8, 4) is 6.07 Å². The predicted octanol–water partition coefficient (Wildman–Crippen LogP) is 0.947. The summed E-state index contributed by atoms with van der Waals surface area (Å²) in [4.78, 5) is 0. The fourth-order valence-corrected chi connectivity index (χ4v) is 5.37. The zero-order valence-electron chi connectivity index (χ0n) is 8.37. The molecule has 0 aromatic rings. The zero-order valence-corrected chi connectivity index (χ0v) is 8.37. The van der Waals surface area contributed by atoms with Gasteiger partial charge in [-0.3, -0.25) is 0 Å². The Morgan fingerprint density at radius 2 is 1.93 bits per heavy atom. The van der Waals surface area contributed by atoms with Crippen LogP contribution in [0.5, 0.6) is 0 Å². The lowest BCUT2D eigenvalue weighted by atomic mass is 9.69. The zero-order chi connectivity index (χ0) is 9.73. The molecule has 3 nitrogen and oxygen atoms in total. The minimum absolute atomic E-state index is 0.477. The highest BCUT2D eigenvalue weighted by molar-refractivity contribution is 5.25. The summed E-state index contributed by atoms with van der Waals surface area (Å²) in [7, 11) is 0. The third-order valence-electron chi connectivity index (χ3n) is 5.65. The van der Waals surface area contributed by atoms with Crippen molar-refractivity contribution in [1.29, 1.82) is 5.26 Å². The molecule has 0 N–H and O–H groups in total. The average Bonchev–Trinajstić information content (AvgIpc) is 2.77. The maximum atomic E-state index is 8.93. The Kier molecular flexibility index (Phi) is 1.07.